The van der Waals surface area contributed by atoms with Crippen LogP contribution in [0.4, 0.5) is 5.69 Å². The third-order valence-electron chi connectivity index (χ3n) is 3.50. The molecule has 2 rings (SSSR count). The summed E-state index contributed by atoms with van der Waals surface area (Å²) in [5, 5.41) is 13.8. The van der Waals surface area contributed by atoms with Crippen LogP contribution in [0.3, 0.4) is 0 Å². The second-order valence-electron chi connectivity index (χ2n) is 4.95. The average Bonchev–Trinajstić information content (AvgIpc) is 2.88. The van der Waals surface area contributed by atoms with Crippen molar-refractivity contribution in [3.8, 4) is 0 Å². The van der Waals surface area contributed by atoms with Crippen LogP contribution in [0.25, 0.3) is 0 Å². The summed E-state index contributed by atoms with van der Waals surface area (Å²) in [5.74, 6) is 0.297. The summed E-state index contributed by atoms with van der Waals surface area (Å²) in [7, 11) is -1.76. The number of rotatable bonds is 5. The fourth-order valence-corrected chi connectivity index (χ4v) is 4.65. The van der Waals surface area contributed by atoms with E-state index in [-0.39, 0.29) is 15.1 Å². The number of sulfonamides is 1. The van der Waals surface area contributed by atoms with E-state index in [0.29, 0.717) is 19.0 Å². The molecule has 7 nitrogen and oxygen atoms in total. The van der Waals surface area contributed by atoms with E-state index in [2.05, 4.69) is 21.2 Å². The highest BCUT2D eigenvalue weighted by Crippen LogP contribution is 2.30. The SMILES string of the molecule is CNCC1CCN(S(=O)(=O)c2ccc([N+](=O)[O-])c(Br)c2)C1. The molecule has 1 aromatic rings. The first-order valence-electron chi connectivity index (χ1n) is 6.45. The smallest absolute Gasteiger partial charge is 0.283 e. The van der Waals surface area contributed by atoms with Crippen molar-refractivity contribution < 1.29 is 13.3 Å². The Kier molecular flexibility index (Phi) is 4.97. The second kappa shape index (κ2) is 6.39. The molecule has 9 heteroatoms. The van der Waals surface area contributed by atoms with Crippen LogP contribution in [0.2, 0.25) is 0 Å². The van der Waals surface area contributed by atoms with Crippen LogP contribution < -0.4 is 5.32 Å². The van der Waals surface area contributed by atoms with Gasteiger partial charge in [-0.25, -0.2) is 8.42 Å². The van der Waals surface area contributed by atoms with E-state index in [1.54, 1.807) is 0 Å². The van der Waals surface area contributed by atoms with Crippen molar-refractivity contribution in [2.75, 3.05) is 26.7 Å². The standard InChI is InChI=1S/C12H16BrN3O4S/c1-14-7-9-4-5-15(8-9)21(19,20)10-2-3-12(16(17)18)11(13)6-10/h2-3,6,9,14H,4-5,7-8H2,1H3. The molecular weight excluding hydrogens is 362 g/mol. The minimum atomic E-state index is -3.60. The molecule has 1 N–H and O–H groups in total. The van der Waals surface area contributed by atoms with E-state index in [1.807, 2.05) is 7.05 Å². The highest BCUT2D eigenvalue weighted by molar-refractivity contribution is 9.10. The van der Waals surface area contributed by atoms with Crippen molar-refractivity contribution in [1.29, 1.82) is 0 Å². The first-order valence-corrected chi connectivity index (χ1v) is 8.68. The maximum Gasteiger partial charge on any atom is 0.283 e. The van der Waals surface area contributed by atoms with E-state index >= 15 is 0 Å². The molecule has 1 atom stereocenters. The Hall–Kier alpha value is -1.03. The molecule has 0 bridgehead atoms. The summed E-state index contributed by atoms with van der Waals surface area (Å²) in [6.45, 7) is 1.72. The van der Waals surface area contributed by atoms with E-state index < -0.39 is 14.9 Å². The van der Waals surface area contributed by atoms with Gasteiger partial charge < -0.3 is 5.32 Å². The predicted octanol–water partition coefficient (Wildman–Crippen LogP) is 1.59. The Morgan fingerprint density at radius 1 is 1.52 bits per heavy atom. The largest absolute Gasteiger partial charge is 0.319 e. The Labute approximate surface area is 131 Å². The molecule has 0 amide bonds. The average molecular weight is 378 g/mol. The van der Waals surface area contributed by atoms with Crippen molar-refractivity contribution in [2.24, 2.45) is 5.92 Å². The Morgan fingerprint density at radius 3 is 2.81 bits per heavy atom. The summed E-state index contributed by atoms with van der Waals surface area (Å²) in [6.07, 6.45) is 0.814. The molecule has 1 aliphatic heterocycles. The van der Waals surface area contributed by atoms with Crippen LogP contribution in [0.1, 0.15) is 6.42 Å². The first kappa shape index (κ1) is 16.3. The quantitative estimate of drug-likeness (QED) is 0.621. The lowest BCUT2D eigenvalue weighted by Crippen LogP contribution is -2.30. The number of nitro benzene ring substituents is 1. The van der Waals surface area contributed by atoms with E-state index in [4.69, 9.17) is 0 Å². The topological polar surface area (TPSA) is 92.6 Å². The van der Waals surface area contributed by atoms with Gasteiger partial charge in [0.15, 0.2) is 0 Å². The lowest BCUT2D eigenvalue weighted by Gasteiger charge is -2.16. The van der Waals surface area contributed by atoms with Gasteiger partial charge in [0.2, 0.25) is 10.0 Å². The summed E-state index contributed by atoms with van der Waals surface area (Å²) in [6, 6.07) is 3.78. The van der Waals surface area contributed by atoms with Crippen molar-refractivity contribution in [3.05, 3.63) is 32.8 Å². The van der Waals surface area contributed by atoms with Crippen LogP contribution >= 0.6 is 15.9 Å². The van der Waals surface area contributed by atoms with E-state index in [0.717, 1.165) is 13.0 Å². The van der Waals surface area contributed by atoms with Crippen LogP contribution in [0.15, 0.2) is 27.6 Å². The summed E-state index contributed by atoms with van der Waals surface area (Å²) in [5.41, 5.74) is -0.150. The van der Waals surface area contributed by atoms with Crippen molar-refractivity contribution in [3.63, 3.8) is 0 Å². The van der Waals surface area contributed by atoms with Gasteiger partial charge in [0.1, 0.15) is 0 Å². The molecule has 116 valence electrons. The van der Waals surface area contributed by atoms with E-state index in [1.165, 1.54) is 22.5 Å². The number of nitrogens with one attached hydrogen (secondary N) is 1. The molecule has 0 spiro atoms. The maximum absolute atomic E-state index is 12.5. The van der Waals surface area contributed by atoms with Gasteiger partial charge in [-0.15, -0.1) is 0 Å². The van der Waals surface area contributed by atoms with Gasteiger partial charge in [-0.2, -0.15) is 4.31 Å². The number of halogens is 1. The van der Waals surface area contributed by atoms with Gasteiger partial charge in [-0.05, 0) is 54.0 Å². The monoisotopic (exact) mass is 377 g/mol. The van der Waals surface area contributed by atoms with Gasteiger partial charge in [0, 0.05) is 19.2 Å². The lowest BCUT2D eigenvalue weighted by atomic mass is 10.1. The number of benzene rings is 1. The summed E-state index contributed by atoms with van der Waals surface area (Å²) < 4.78 is 26.7. The Morgan fingerprint density at radius 2 is 2.24 bits per heavy atom. The first-order chi connectivity index (χ1) is 9.86. The maximum atomic E-state index is 12.5. The minimum absolute atomic E-state index is 0.0742. The molecule has 1 saturated heterocycles. The fourth-order valence-electron chi connectivity index (χ4n) is 2.42. The van der Waals surface area contributed by atoms with Gasteiger partial charge in [-0.3, -0.25) is 10.1 Å². The molecule has 1 fully saturated rings. The number of hydrogen-bond acceptors (Lipinski definition) is 5. The number of nitrogens with zero attached hydrogens (tertiary/aromatic N) is 2. The molecule has 1 aliphatic rings. The third kappa shape index (κ3) is 3.42. The predicted molar refractivity (Wildman–Crippen MR) is 81.6 cm³/mol. The molecule has 1 unspecified atom stereocenters. The van der Waals surface area contributed by atoms with Crippen LogP contribution in [0.5, 0.6) is 0 Å². The van der Waals surface area contributed by atoms with Crippen molar-refractivity contribution >= 4 is 31.6 Å². The molecule has 0 aliphatic carbocycles. The summed E-state index contributed by atoms with van der Waals surface area (Å²) >= 11 is 3.05. The van der Waals surface area contributed by atoms with Crippen LogP contribution in [-0.2, 0) is 10.0 Å². The zero-order valence-corrected chi connectivity index (χ0v) is 13.9. The molecule has 1 heterocycles. The molecule has 0 aromatic heterocycles. The normalized spacial score (nSPS) is 19.8. The molecular formula is C12H16BrN3O4S. The van der Waals surface area contributed by atoms with Crippen molar-refractivity contribution in [1.82, 2.24) is 9.62 Å². The zero-order chi connectivity index (χ0) is 15.6. The minimum Gasteiger partial charge on any atom is -0.319 e. The molecule has 1 aromatic carbocycles. The molecule has 0 saturated carbocycles. The number of nitro groups is 1. The van der Waals surface area contributed by atoms with Crippen LogP contribution in [0, 0.1) is 16.0 Å². The molecule has 0 radical (unpaired) electrons. The third-order valence-corrected chi connectivity index (χ3v) is 5.99. The highest BCUT2D eigenvalue weighted by atomic mass is 79.9. The van der Waals surface area contributed by atoms with Gasteiger partial charge in [-0.1, -0.05) is 0 Å². The van der Waals surface area contributed by atoms with E-state index in [9.17, 15) is 18.5 Å². The zero-order valence-electron chi connectivity index (χ0n) is 11.5. The second-order valence-corrected chi connectivity index (χ2v) is 7.74. The Balaban J connectivity index is 2.24. The van der Waals surface area contributed by atoms with Crippen LogP contribution in [-0.4, -0.2) is 44.3 Å². The van der Waals surface area contributed by atoms with Gasteiger partial charge in [0.05, 0.1) is 14.3 Å². The van der Waals surface area contributed by atoms with Crippen molar-refractivity contribution in [2.45, 2.75) is 11.3 Å². The Bertz CT molecular complexity index is 650. The number of hydrogen-bond donors (Lipinski definition) is 1. The molecule has 21 heavy (non-hydrogen) atoms. The van der Waals surface area contributed by atoms with Gasteiger partial charge in [0.25, 0.3) is 5.69 Å². The van der Waals surface area contributed by atoms with Gasteiger partial charge >= 0.3 is 0 Å². The lowest BCUT2D eigenvalue weighted by molar-refractivity contribution is -0.385. The summed E-state index contributed by atoms with van der Waals surface area (Å²) in [4.78, 5) is 10.3. The highest BCUT2D eigenvalue weighted by Gasteiger charge is 2.32. The fraction of sp³-hybridized carbons (Fsp3) is 0.500.